The first kappa shape index (κ1) is 19.3. The molecule has 0 saturated carbocycles. The Bertz CT molecular complexity index is 1120. The van der Waals surface area contributed by atoms with Crippen LogP contribution in [0.4, 0.5) is 0 Å². The molecule has 4 aromatic rings. The Balaban J connectivity index is 1.25. The van der Waals surface area contributed by atoms with Gasteiger partial charge in [-0.1, -0.05) is 24.3 Å². The van der Waals surface area contributed by atoms with Crippen molar-refractivity contribution in [3.8, 4) is 0 Å². The van der Waals surface area contributed by atoms with Crippen LogP contribution in [0.3, 0.4) is 0 Å². The van der Waals surface area contributed by atoms with E-state index < -0.39 is 0 Å². The largest absolute Gasteiger partial charge is 0.440 e. The van der Waals surface area contributed by atoms with E-state index in [1.807, 2.05) is 64.3 Å². The Morgan fingerprint density at radius 3 is 2.73 bits per heavy atom. The molecule has 5 rings (SSSR count). The van der Waals surface area contributed by atoms with Gasteiger partial charge in [-0.05, 0) is 37.1 Å². The highest BCUT2D eigenvalue weighted by atomic mass is 32.2. The predicted molar refractivity (Wildman–Crippen MR) is 120 cm³/mol. The van der Waals surface area contributed by atoms with Crippen molar-refractivity contribution in [2.24, 2.45) is 0 Å². The van der Waals surface area contributed by atoms with Crippen molar-refractivity contribution in [2.75, 3.05) is 13.1 Å². The fraction of sp³-hybridized carbons (Fsp3) is 0.261. The molecule has 0 atom stereocenters. The van der Waals surface area contributed by atoms with Crippen molar-refractivity contribution in [1.82, 2.24) is 14.9 Å². The number of hydrogen-bond acceptors (Lipinski definition) is 6. The summed E-state index contributed by atoms with van der Waals surface area (Å²) in [6.07, 6.45) is 1.74. The molecule has 1 aliphatic rings. The van der Waals surface area contributed by atoms with Crippen LogP contribution in [0.15, 0.2) is 68.7 Å². The number of rotatable bonds is 5. The third kappa shape index (κ3) is 4.00. The number of likely N-dealkylation sites (tertiary alicyclic amines) is 1. The van der Waals surface area contributed by atoms with Gasteiger partial charge >= 0.3 is 0 Å². The number of nitrogens with zero attached hydrogens (tertiary/aromatic N) is 3. The van der Waals surface area contributed by atoms with Crippen LogP contribution in [0.1, 0.15) is 40.7 Å². The molecule has 1 saturated heterocycles. The summed E-state index contributed by atoms with van der Waals surface area (Å²) < 4.78 is 5.95. The van der Waals surface area contributed by atoms with Crippen LogP contribution >= 0.6 is 23.1 Å². The number of carbonyl (C=O) groups excluding carboxylic acids is 1. The molecule has 152 valence electrons. The lowest BCUT2D eigenvalue weighted by Crippen LogP contribution is -2.38. The summed E-state index contributed by atoms with van der Waals surface area (Å²) >= 11 is 3.26. The fourth-order valence-corrected chi connectivity index (χ4v) is 5.41. The van der Waals surface area contributed by atoms with E-state index in [2.05, 4.69) is 9.97 Å². The van der Waals surface area contributed by atoms with Gasteiger partial charge in [0.15, 0.2) is 11.5 Å². The number of fused-ring (bicyclic) bond motifs is 1. The fourth-order valence-electron chi connectivity index (χ4n) is 3.79. The van der Waals surface area contributed by atoms with Crippen molar-refractivity contribution < 1.29 is 9.21 Å². The van der Waals surface area contributed by atoms with Crippen LogP contribution in [0.5, 0.6) is 0 Å². The highest BCUT2D eigenvalue weighted by Gasteiger charge is 2.28. The monoisotopic (exact) mass is 435 g/mol. The van der Waals surface area contributed by atoms with Gasteiger partial charge in [0.2, 0.25) is 0 Å². The van der Waals surface area contributed by atoms with Crippen molar-refractivity contribution in [3.63, 3.8) is 0 Å². The predicted octanol–water partition coefficient (Wildman–Crippen LogP) is 5.60. The first-order valence-electron chi connectivity index (χ1n) is 10.0. The first-order chi connectivity index (χ1) is 14.8. The van der Waals surface area contributed by atoms with Gasteiger partial charge in [-0.2, -0.15) is 0 Å². The highest BCUT2D eigenvalue weighted by molar-refractivity contribution is 7.98. The van der Waals surface area contributed by atoms with Gasteiger partial charge in [0.25, 0.3) is 5.91 Å². The molecule has 0 bridgehead atoms. The van der Waals surface area contributed by atoms with E-state index in [1.165, 1.54) is 0 Å². The topological polar surface area (TPSA) is 59.2 Å². The lowest BCUT2D eigenvalue weighted by atomic mass is 9.96. The van der Waals surface area contributed by atoms with Crippen LogP contribution in [0.25, 0.3) is 11.1 Å². The Morgan fingerprint density at radius 1 is 1.13 bits per heavy atom. The zero-order valence-corrected chi connectivity index (χ0v) is 18.0. The summed E-state index contributed by atoms with van der Waals surface area (Å²) in [6, 6.07) is 15.7. The number of aromatic nitrogens is 2. The molecule has 1 amide bonds. The van der Waals surface area contributed by atoms with E-state index in [4.69, 9.17) is 4.42 Å². The Hall–Kier alpha value is -2.64. The molecular formula is C23H21N3O2S2. The molecule has 0 spiro atoms. The molecule has 2 aromatic carbocycles. The molecule has 0 radical (unpaired) electrons. The molecular weight excluding hydrogens is 414 g/mol. The molecule has 30 heavy (non-hydrogen) atoms. The van der Waals surface area contributed by atoms with Gasteiger partial charge in [0, 0.05) is 35.0 Å². The Labute approximate surface area is 183 Å². The van der Waals surface area contributed by atoms with Gasteiger partial charge < -0.3 is 9.32 Å². The normalized spacial score (nSPS) is 15.0. The van der Waals surface area contributed by atoms with Crippen molar-refractivity contribution in [3.05, 3.63) is 76.6 Å². The summed E-state index contributed by atoms with van der Waals surface area (Å²) in [6.45, 7) is 1.43. The molecule has 1 fully saturated rings. The zero-order valence-electron chi connectivity index (χ0n) is 16.4. The Morgan fingerprint density at radius 2 is 1.93 bits per heavy atom. The van der Waals surface area contributed by atoms with E-state index in [0.29, 0.717) is 13.1 Å². The standard InChI is InChI=1S/C23H21N3O2S2/c27-23(18-5-1-4-8-21(18)30-14-17-13-29-15-24-17)26-11-9-16(10-12-26)22-25-19-6-2-3-7-20(19)28-22/h1-8,13,15-16H,9-12,14H2. The molecule has 0 N–H and O–H groups in total. The molecule has 0 aliphatic carbocycles. The third-order valence-corrected chi connectivity index (χ3v) is 7.16. The first-order valence-corrected chi connectivity index (χ1v) is 11.9. The lowest BCUT2D eigenvalue weighted by Gasteiger charge is -2.31. The maximum Gasteiger partial charge on any atom is 0.254 e. The van der Waals surface area contributed by atoms with E-state index in [0.717, 1.165) is 51.7 Å². The second-order valence-corrected chi connectivity index (χ2v) is 9.09. The molecule has 0 unspecified atom stereocenters. The number of carbonyl (C=O) groups is 1. The number of para-hydroxylation sites is 2. The SMILES string of the molecule is O=C(c1ccccc1SCc1cscn1)N1CCC(c2nc3ccccc3o2)CC1. The molecule has 3 heterocycles. The van der Waals surface area contributed by atoms with Crippen molar-refractivity contribution >= 4 is 40.1 Å². The molecule has 2 aromatic heterocycles. The number of oxazole rings is 1. The lowest BCUT2D eigenvalue weighted by molar-refractivity contribution is 0.0703. The summed E-state index contributed by atoms with van der Waals surface area (Å²) in [5.41, 5.74) is 5.40. The molecule has 5 nitrogen and oxygen atoms in total. The average Bonchev–Trinajstić information content (AvgIpc) is 3.47. The average molecular weight is 436 g/mol. The summed E-state index contributed by atoms with van der Waals surface area (Å²) in [5, 5.41) is 2.05. The van der Waals surface area contributed by atoms with Crippen LogP contribution in [0, 0.1) is 0 Å². The minimum absolute atomic E-state index is 0.104. The highest BCUT2D eigenvalue weighted by Crippen LogP contribution is 2.32. The maximum absolute atomic E-state index is 13.2. The Kier molecular flexibility index (Phi) is 5.55. The van der Waals surface area contributed by atoms with E-state index in [-0.39, 0.29) is 11.8 Å². The van der Waals surface area contributed by atoms with Gasteiger partial charge in [0.05, 0.1) is 16.8 Å². The number of benzene rings is 2. The van der Waals surface area contributed by atoms with Crippen LogP contribution in [-0.4, -0.2) is 33.9 Å². The number of thioether (sulfide) groups is 1. The van der Waals surface area contributed by atoms with E-state index in [1.54, 1.807) is 23.1 Å². The smallest absolute Gasteiger partial charge is 0.254 e. The van der Waals surface area contributed by atoms with Gasteiger partial charge in [-0.15, -0.1) is 23.1 Å². The number of piperidine rings is 1. The van der Waals surface area contributed by atoms with Crippen molar-refractivity contribution in [1.29, 1.82) is 0 Å². The minimum Gasteiger partial charge on any atom is -0.440 e. The molecule has 7 heteroatoms. The molecule has 1 aliphatic heterocycles. The quantitative estimate of drug-likeness (QED) is 0.382. The summed E-state index contributed by atoms with van der Waals surface area (Å²) in [7, 11) is 0. The third-order valence-electron chi connectivity index (χ3n) is 5.42. The van der Waals surface area contributed by atoms with Crippen LogP contribution < -0.4 is 0 Å². The number of thiazole rings is 1. The maximum atomic E-state index is 13.2. The van der Waals surface area contributed by atoms with Gasteiger partial charge in [0.1, 0.15) is 5.52 Å². The van der Waals surface area contributed by atoms with Crippen molar-refractivity contribution in [2.45, 2.75) is 29.4 Å². The van der Waals surface area contributed by atoms with Crippen LogP contribution in [0.2, 0.25) is 0 Å². The van der Waals surface area contributed by atoms with Gasteiger partial charge in [-0.3, -0.25) is 4.79 Å². The summed E-state index contributed by atoms with van der Waals surface area (Å²) in [4.78, 5) is 25.2. The van der Waals surface area contributed by atoms with E-state index in [9.17, 15) is 4.79 Å². The second kappa shape index (κ2) is 8.62. The minimum atomic E-state index is 0.104. The van der Waals surface area contributed by atoms with Crippen LogP contribution in [-0.2, 0) is 5.75 Å². The summed E-state index contributed by atoms with van der Waals surface area (Å²) in [5.74, 6) is 1.93. The van der Waals surface area contributed by atoms with E-state index >= 15 is 0 Å². The second-order valence-electron chi connectivity index (χ2n) is 7.35. The number of amides is 1. The van der Waals surface area contributed by atoms with Gasteiger partial charge in [-0.25, -0.2) is 9.97 Å². The number of hydrogen-bond donors (Lipinski definition) is 0. The zero-order chi connectivity index (χ0) is 20.3.